The van der Waals surface area contributed by atoms with Gasteiger partial charge in [-0.2, -0.15) is 5.10 Å². The van der Waals surface area contributed by atoms with E-state index in [4.69, 9.17) is 4.74 Å². The summed E-state index contributed by atoms with van der Waals surface area (Å²) in [5.74, 6) is 0.176. The van der Waals surface area contributed by atoms with Crippen molar-refractivity contribution < 1.29 is 9.53 Å². The lowest BCUT2D eigenvalue weighted by molar-refractivity contribution is -0.139. The first-order chi connectivity index (χ1) is 11.1. The summed E-state index contributed by atoms with van der Waals surface area (Å²) in [4.78, 5) is 18.4. The minimum absolute atomic E-state index is 0.0594. The topological polar surface area (TPSA) is 60.3 Å². The number of aromatic nitrogens is 3. The smallest absolute Gasteiger partial charge is 0.223 e. The summed E-state index contributed by atoms with van der Waals surface area (Å²) in [7, 11) is 1.92. The Kier molecular flexibility index (Phi) is 4.71. The summed E-state index contributed by atoms with van der Waals surface area (Å²) in [5.41, 5.74) is 3.33. The number of carbonyl (C=O) groups is 1. The van der Waals surface area contributed by atoms with Crippen LogP contribution in [0.2, 0.25) is 0 Å². The van der Waals surface area contributed by atoms with Crippen molar-refractivity contribution in [1.29, 1.82) is 0 Å². The highest BCUT2D eigenvalue weighted by Gasteiger charge is 2.25. The maximum atomic E-state index is 12.5. The molecule has 6 heteroatoms. The maximum absolute atomic E-state index is 12.5. The molecule has 2 aromatic heterocycles. The monoisotopic (exact) mass is 314 g/mol. The van der Waals surface area contributed by atoms with Crippen molar-refractivity contribution in [2.45, 2.75) is 25.9 Å². The lowest BCUT2D eigenvalue weighted by Crippen LogP contribution is -2.42. The number of hydrogen-bond donors (Lipinski definition) is 0. The quantitative estimate of drug-likeness (QED) is 0.861. The van der Waals surface area contributed by atoms with Gasteiger partial charge in [0, 0.05) is 38.1 Å². The van der Waals surface area contributed by atoms with Crippen LogP contribution in [-0.4, -0.2) is 45.3 Å². The second-order valence-electron chi connectivity index (χ2n) is 5.86. The van der Waals surface area contributed by atoms with Gasteiger partial charge in [0.1, 0.15) is 6.10 Å². The van der Waals surface area contributed by atoms with Crippen LogP contribution in [0, 0.1) is 6.92 Å². The van der Waals surface area contributed by atoms with Crippen LogP contribution in [0.5, 0.6) is 0 Å². The molecule has 122 valence electrons. The second kappa shape index (κ2) is 6.91. The van der Waals surface area contributed by atoms with Crippen molar-refractivity contribution in [3.05, 3.63) is 47.5 Å². The predicted octanol–water partition coefficient (Wildman–Crippen LogP) is 1.66. The highest BCUT2D eigenvalue weighted by molar-refractivity contribution is 5.76. The molecule has 0 bridgehead atoms. The predicted molar refractivity (Wildman–Crippen MR) is 85.8 cm³/mol. The fraction of sp³-hybridized carbons (Fsp3) is 0.471. The number of pyridine rings is 1. The number of carbonyl (C=O) groups excluding carboxylic acids is 1. The zero-order valence-electron chi connectivity index (χ0n) is 13.6. The van der Waals surface area contributed by atoms with Crippen LogP contribution in [0.15, 0.2) is 30.7 Å². The van der Waals surface area contributed by atoms with Crippen molar-refractivity contribution in [3.8, 4) is 0 Å². The minimum atomic E-state index is -0.0594. The molecule has 1 saturated heterocycles. The summed E-state index contributed by atoms with van der Waals surface area (Å²) in [6.07, 6.45) is 6.54. The van der Waals surface area contributed by atoms with Gasteiger partial charge in [-0.1, -0.05) is 0 Å². The Morgan fingerprint density at radius 1 is 1.39 bits per heavy atom. The van der Waals surface area contributed by atoms with E-state index in [-0.39, 0.29) is 12.0 Å². The first-order valence-corrected chi connectivity index (χ1v) is 7.92. The highest BCUT2D eigenvalue weighted by Crippen LogP contribution is 2.22. The molecule has 1 aliphatic heterocycles. The standard InChI is InChI=1S/C17H22N4O2/c1-13-15(11-19-20(13)2)3-4-17(22)21-9-10-23-16(12-21)14-5-7-18-8-6-14/h5-8,11,16H,3-4,9-10,12H2,1-2H3/t16-/m0/s1. The average molecular weight is 314 g/mol. The van der Waals surface area contributed by atoms with E-state index in [1.807, 2.05) is 41.9 Å². The maximum Gasteiger partial charge on any atom is 0.223 e. The van der Waals surface area contributed by atoms with E-state index < -0.39 is 0 Å². The Labute approximate surface area is 136 Å². The molecule has 1 atom stereocenters. The number of nitrogens with zero attached hydrogens (tertiary/aromatic N) is 4. The van der Waals surface area contributed by atoms with Crippen LogP contribution < -0.4 is 0 Å². The van der Waals surface area contributed by atoms with Gasteiger partial charge >= 0.3 is 0 Å². The van der Waals surface area contributed by atoms with E-state index >= 15 is 0 Å². The van der Waals surface area contributed by atoms with Gasteiger partial charge in [0.15, 0.2) is 0 Å². The molecule has 23 heavy (non-hydrogen) atoms. The third-order valence-electron chi connectivity index (χ3n) is 4.44. The number of amides is 1. The van der Waals surface area contributed by atoms with Gasteiger partial charge in [-0.25, -0.2) is 0 Å². The third-order valence-corrected chi connectivity index (χ3v) is 4.44. The number of hydrogen-bond acceptors (Lipinski definition) is 4. The molecular formula is C17H22N4O2. The molecule has 1 amide bonds. The Hall–Kier alpha value is -2.21. The van der Waals surface area contributed by atoms with E-state index in [2.05, 4.69) is 10.1 Å². The Bertz CT molecular complexity index is 668. The third kappa shape index (κ3) is 3.59. The molecule has 0 aliphatic carbocycles. The Morgan fingerprint density at radius 2 is 2.17 bits per heavy atom. The zero-order chi connectivity index (χ0) is 16.2. The molecule has 1 fully saturated rings. The van der Waals surface area contributed by atoms with Gasteiger partial charge in [-0.15, -0.1) is 0 Å². The first kappa shape index (κ1) is 15.7. The number of ether oxygens (including phenoxy) is 1. The van der Waals surface area contributed by atoms with E-state index in [9.17, 15) is 4.79 Å². The van der Waals surface area contributed by atoms with Crippen LogP contribution in [0.25, 0.3) is 0 Å². The summed E-state index contributed by atoms with van der Waals surface area (Å²) in [6.45, 7) is 3.87. The average Bonchev–Trinajstić information content (AvgIpc) is 2.92. The SMILES string of the molecule is Cc1c(CCC(=O)N2CCO[C@H](c3ccncc3)C2)cnn1C. The lowest BCUT2D eigenvalue weighted by atomic mass is 10.1. The molecule has 0 spiro atoms. The van der Waals surface area contributed by atoms with Gasteiger partial charge < -0.3 is 9.64 Å². The molecular weight excluding hydrogens is 292 g/mol. The van der Waals surface area contributed by atoms with Crippen molar-refractivity contribution >= 4 is 5.91 Å². The number of rotatable bonds is 4. The van der Waals surface area contributed by atoms with Crippen LogP contribution in [0.4, 0.5) is 0 Å². The van der Waals surface area contributed by atoms with E-state index in [1.54, 1.807) is 12.4 Å². The van der Waals surface area contributed by atoms with Crippen molar-refractivity contribution in [1.82, 2.24) is 19.7 Å². The molecule has 1 aliphatic rings. The van der Waals surface area contributed by atoms with Crippen LogP contribution in [-0.2, 0) is 23.0 Å². The van der Waals surface area contributed by atoms with Gasteiger partial charge in [0.2, 0.25) is 5.91 Å². The van der Waals surface area contributed by atoms with Crippen molar-refractivity contribution in [2.75, 3.05) is 19.7 Å². The summed E-state index contributed by atoms with van der Waals surface area (Å²) >= 11 is 0. The minimum Gasteiger partial charge on any atom is -0.370 e. The van der Waals surface area contributed by atoms with Gasteiger partial charge in [-0.05, 0) is 36.6 Å². The van der Waals surface area contributed by atoms with E-state index in [0.29, 0.717) is 26.1 Å². The molecule has 0 saturated carbocycles. The number of morpholine rings is 1. The van der Waals surface area contributed by atoms with Crippen molar-refractivity contribution in [3.63, 3.8) is 0 Å². The molecule has 0 radical (unpaired) electrons. The van der Waals surface area contributed by atoms with Gasteiger partial charge in [0.05, 0.1) is 19.3 Å². The largest absolute Gasteiger partial charge is 0.370 e. The summed E-state index contributed by atoms with van der Waals surface area (Å²) in [5, 5.41) is 4.22. The van der Waals surface area contributed by atoms with Crippen LogP contribution in [0.3, 0.4) is 0 Å². The van der Waals surface area contributed by atoms with Gasteiger partial charge in [0.25, 0.3) is 0 Å². The molecule has 0 N–H and O–H groups in total. The van der Waals surface area contributed by atoms with Gasteiger partial charge in [-0.3, -0.25) is 14.5 Å². The van der Waals surface area contributed by atoms with E-state index in [1.165, 1.54) is 0 Å². The fourth-order valence-corrected chi connectivity index (χ4v) is 2.84. The molecule has 0 aromatic carbocycles. The van der Waals surface area contributed by atoms with Crippen LogP contribution in [0.1, 0.15) is 29.3 Å². The first-order valence-electron chi connectivity index (χ1n) is 7.92. The summed E-state index contributed by atoms with van der Waals surface area (Å²) < 4.78 is 7.64. The molecule has 3 heterocycles. The Morgan fingerprint density at radius 3 is 2.87 bits per heavy atom. The Balaban J connectivity index is 1.58. The summed E-state index contributed by atoms with van der Waals surface area (Å²) in [6, 6.07) is 3.88. The second-order valence-corrected chi connectivity index (χ2v) is 5.86. The molecule has 3 rings (SSSR count). The molecule has 0 unspecified atom stereocenters. The fourth-order valence-electron chi connectivity index (χ4n) is 2.84. The van der Waals surface area contributed by atoms with Crippen molar-refractivity contribution in [2.24, 2.45) is 7.05 Å². The van der Waals surface area contributed by atoms with E-state index in [0.717, 1.165) is 23.2 Å². The molecule has 6 nitrogen and oxygen atoms in total. The molecule has 2 aromatic rings. The highest BCUT2D eigenvalue weighted by atomic mass is 16.5. The lowest BCUT2D eigenvalue weighted by Gasteiger charge is -2.33. The normalized spacial score (nSPS) is 18.2. The van der Waals surface area contributed by atoms with Crippen LogP contribution >= 0.6 is 0 Å². The number of aryl methyl sites for hydroxylation is 2. The zero-order valence-corrected chi connectivity index (χ0v) is 13.6.